The van der Waals surface area contributed by atoms with E-state index < -0.39 is 35.1 Å². The first kappa shape index (κ1) is 38.3. The van der Waals surface area contributed by atoms with E-state index >= 15 is 0 Å². The van der Waals surface area contributed by atoms with E-state index in [1.165, 1.54) is 35.3 Å². The number of ketones is 4. The Kier molecular flexibility index (Phi) is 11.1. The number of carbonyl (C=O) groups is 6. The van der Waals surface area contributed by atoms with Crippen LogP contribution in [0.15, 0.2) is 133 Å². The van der Waals surface area contributed by atoms with E-state index in [4.69, 9.17) is 9.47 Å². The van der Waals surface area contributed by atoms with Crippen molar-refractivity contribution >= 4 is 35.1 Å². The third-order valence-electron chi connectivity index (χ3n) is 8.87. The van der Waals surface area contributed by atoms with Crippen LogP contribution < -0.4 is 9.47 Å². The van der Waals surface area contributed by atoms with Gasteiger partial charge in [0.25, 0.3) is 0 Å². The summed E-state index contributed by atoms with van der Waals surface area (Å²) in [6.07, 6.45) is 0. The smallest absolute Gasteiger partial charge is 0.308 e. The molecule has 0 aliphatic carbocycles. The average molecular weight is 773 g/mol. The molecule has 0 radical (unpaired) electrons. The van der Waals surface area contributed by atoms with Gasteiger partial charge in [-0.2, -0.15) is 0 Å². The summed E-state index contributed by atoms with van der Waals surface area (Å²) < 4.78 is 13.7. The molecule has 7 aromatic rings. The molecule has 0 saturated carbocycles. The summed E-state index contributed by atoms with van der Waals surface area (Å²) in [5, 5.41) is 16.7. The number of hydrogen-bond donors (Lipinski definition) is 0. The van der Waals surface area contributed by atoms with Crippen molar-refractivity contribution in [3.8, 4) is 11.5 Å². The van der Waals surface area contributed by atoms with E-state index in [2.05, 4.69) is 20.6 Å². The summed E-state index contributed by atoms with van der Waals surface area (Å²) in [5.41, 5.74) is 0.855. The molecule has 5 aromatic carbocycles. The van der Waals surface area contributed by atoms with Gasteiger partial charge in [0.1, 0.15) is 22.9 Å². The Labute approximate surface area is 330 Å². The molecule has 7 rings (SSSR count). The Balaban J connectivity index is 1.34. The summed E-state index contributed by atoms with van der Waals surface area (Å²) in [6, 6.07) is 36.0. The minimum atomic E-state index is -0.706. The molecule has 14 nitrogen and oxygen atoms in total. The molecule has 0 spiro atoms. The molecule has 0 saturated heterocycles. The van der Waals surface area contributed by atoms with Crippen LogP contribution in [0.4, 0.5) is 0 Å². The fourth-order valence-corrected chi connectivity index (χ4v) is 6.22. The maximum Gasteiger partial charge on any atom is 0.308 e. The highest BCUT2D eigenvalue weighted by molar-refractivity contribution is 6.18. The van der Waals surface area contributed by atoms with Gasteiger partial charge in [-0.15, -0.1) is 10.2 Å². The molecule has 0 aliphatic heterocycles. The van der Waals surface area contributed by atoms with E-state index in [1.807, 2.05) is 0 Å². The van der Waals surface area contributed by atoms with Gasteiger partial charge >= 0.3 is 11.9 Å². The van der Waals surface area contributed by atoms with Crippen LogP contribution in [0, 0.1) is 0 Å². The fraction of sp³-hybridized carbons (Fsp3) is 0.0909. The lowest BCUT2D eigenvalue weighted by atomic mass is 10.0. The Morgan fingerprint density at radius 1 is 0.448 bits per heavy atom. The maximum atomic E-state index is 14.1. The zero-order valence-electron chi connectivity index (χ0n) is 31.1. The molecule has 0 N–H and O–H groups in total. The minimum absolute atomic E-state index is 0.0282. The van der Waals surface area contributed by atoms with Crippen molar-refractivity contribution in [2.45, 2.75) is 26.9 Å². The second-order valence-corrected chi connectivity index (χ2v) is 12.9. The quantitative estimate of drug-likeness (QED) is 0.0744. The lowest BCUT2D eigenvalue weighted by Crippen LogP contribution is -2.19. The molecule has 2 heterocycles. The molecule has 0 atom stereocenters. The first-order valence-electron chi connectivity index (χ1n) is 17.9. The number of aromatic nitrogens is 6. The second kappa shape index (κ2) is 16.8. The topological polar surface area (TPSA) is 182 Å². The van der Waals surface area contributed by atoms with Crippen LogP contribution >= 0.6 is 0 Å². The Hall–Kier alpha value is -8.00. The predicted molar refractivity (Wildman–Crippen MR) is 207 cm³/mol. The second-order valence-electron chi connectivity index (χ2n) is 12.9. The third kappa shape index (κ3) is 8.16. The monoisotopic (exact) mass is 772 g/mol. The number of ether oxygens (including phenoxy) is 2. The van der Waals surface area contributed by atoms with Crippen LogP contribution in [0.5, 0.6) is 11.5 Å². The molecule has 286 valence electrons. The standard InChI is InChI=1S/C44H32N6O8/c1-27(51)57-35-23-34(26-50-40(44(56)32-21-13-6-14-22-32)38(46-48-50)42(54)30-17-9-4-10-18-30)36(58-28(2)52)24-33(35)25-49-39(43(55)31-19-11-5-12-20-31)37(45-47-49)41(53)29-15-7-3-8-16-29/h3-24H,25-26H2,1-2H3. The van der Waals surface area contributed by atoms with Crippen molar-refractivity contribution in [2.75, 3.05) is 0 Å². The number of rotatable bonds is 14. The molecule has 2 aromatic heterocycles. The van der Waals surface area contributed by atoms with Crippen LogP contribution in [0.3, 0.4) is 0 Å². The van der Waals surface area contributed by atoms with Crippen molar-refractivity contribution < 1.29 is 38.2 Å². The zero-order chi connectivity index (χ0) is 40.8. The highest BCUT2D eigenvalue weighted by Gasteiger charge is 2.30. The zero-order valence-corrected chi connectivity index (χ0v) is 31.1. The van der Waals surface area contributed by atoms with Crippen molar-refractivity contribution in [1.29, 1.82) is 0 Å². The molecular weight excluding hydrogens is 741 g/mol. The lowest BCUT2D eigenvalue weighted by molar-refractivity contribution is -0.133. The highest BCUT2D eigenvalue weighted by atomic mass is 16.5. The molecule has 0 amide bonds. The fourth-order valence-electron chi connectivity index (χ4n) is 6.22. The minimum Gasteiger partial charge on any atom is -0.426 e. The van der Waals surface area contributed by atoms with Crippen molar-refractivity contribution in [3.05, 3.63) is 190 Å². The molecule has 58 heavy (non-hydrogen) atoms. The van der Waals surface area contributed by atoms with E-state index in [1.54, 1.807) is 121 Å². The highest BCUT2D eigenvalue weighted by Crippen LogP contribution is 2.32. The normalized spacial score (nSPS) is 10.8. The van der Waals surface area contributed by atoms with E-state index in [9.17, 15) is 28.8 Å². The predicted octanol–water partition coefficient (Wildman–Crippen LogP) is 5.74. The van der Waals surface area contributed by atoms with Gasteiger partial charge in [-0.05, 0) is 12.1 Å². The van der Waals surface area contributed by atoms with Crippen molar-refractivity contribution in [1.82, 2.24) is 30.0 Å². The van der Waals surface area contributed by atoms with Gasteiger partial charge in [0, 0.05) is 47.2 Å². The van der Waals surface area contributed by atoms with Gasteiger partial charge in [0.2, 0.25) is 23.1 Å². The summed E-state index contributed by atoms with van der Waals surface area (Å²) in [6.45, 7) is 1.82. The number of nitrogens with zero attached hydrogens (tertiary/aromatic N) is 6. The molecular formula is C44H32N6O8. The summed E-state index contributed by atoms with van der Waals surface area (Å²) in [4.78, 5) is 80.6. The molecule has 0 aliphatic rings. The Morgan fingerprint density at radius 2 is 0.741 bits per heavy atom. The van der Waals surface area contributed by atoms with Crippen LogP contribution in [0.2, 0.25) is 0 Å². The summed E-state index contributed by atoms with van der Waals surface area (Å²) >= 11 is 0. The molecule has 0 fully saturated rings. The van der Waals surface area contributed by atoms with Crippen molar-refractivity contribution in [3.63, 3.8) is 0 Å². The van der Waals surface area contributed by atoms with Crippen LogP contribution in [-0.4, -0.2) is 65.1 Å². The molecule has 14 heteroatoms. The average Bonchev–Trinajstić information content (AvgIpc) is 3.86. The van der Waals surface area contributed by atoms with Gasteiger partial charge in [0.05, 0.1) is 13.1 Å². The Morgan fingerprint density at radius 3 is 1.03 bits per heavy atom. The Bertz CT molecular complexity index is 2510. The van der Waals surface area contributed by atoms with Gasteiger partial charge < -0.3 is 9.47 Å². The third-order valence-corrected chi connectivity index (χ3v) is 8.87. The van der Waals surface area contributed by atoms with Crippen LogP contribution in [0.1, 0.15) is 89.2 Å². The van der Waals surface area contributed by atoms with Gasteiger partial charge in [-0.3, -0.25) is 28.8 Å². The van der Waals surface area contributed by atoms with Gasteiger partial charge in [0.15, 0.2) is 11.4 Å². The first-order valence-corrected chi connectivity index (χ1v) is 17.9. The summed E-state index contributed by atoms with van der Waals surface area (Å²) in [7, 11) is 0. The summed E-state index contributed by atoms with van der Waals surface area (Å²) in [5.74, 6) is -3.64. The van der Waals surface area contributed by atoms with Crippen LogP contribution in [0.25, 0.3) is 0 Å². The molecule has 0 unspecified atom stereocenters. The first-order chi connectivity index (χ1) is 28.1. The SMILES string of the molecule is CC(=O)Oc1cc(Cn2nnc(C(=O)c3ccccc3)c2C(=O)c2ccccc2)c(OC(C)=O)cc1Cn1nnc(C(=O)c2ccccc2)c1C(=O)c1ccccc1. The number of carbonyl (C=O) groups excluding carboxylic acids is 6. The van der Waals surface area contributed by atoms with Gasteiger partial charge in [-0.25, -0.2) is 9.36 Å². The largest absolute Gasteiger partial charge is 0.426 e. The van der Waals surface area contributed by atoms with E-state index in [-0.39, 0.29) is 80.7 Å². The number of benzene rings is 5. The van der Waals surface area contributed by atoms with E-state index in [0.29, 0.717) is 0 Å². The van der Waals surface area contributed by atoms with E-state index in [0.717, 1.165) is 0 Å². The molecule has 0 bridgehead atoms. The van der Waals surface area contributed by atoms with Crippen molar-refractivity contribution in [2.24, 2.45) is 0 Å². The van der Waals surface area contributed by atoms with Gasteiger partial charge in [-0.1, -0.05) is 132 Å². The maximum absolute atomic E-state index is 14.1. The van der Waals surface area contributed by atoms with Crippen LogP contribution in [-0.2, 0) is 22.7 Å². The number of esters is 2. The number of hydrogen-bond acceptors (Lipinski definition) is 12. The lowest BCUT2D eigenvalue weighted by Gasteiger charge is -2.17.